The molecule has 4 heterocycles. The standard InChI is InChI=1S/C20H19N5O2S.C9H15NO/c1-3-4-15-17-16(9-10-21-18(17)25-24-15)27-14-7-5-13(6-8-14)19(26)23-20-22-11-12(2)28-20;1-7-4-5-10(6-7)9(11)8-2-3-8/h5-11H,3-4H2,1-2H3,(H,21,24,25)(H,22,23,26);7-8H,2-6H2,1H3. The third-order valence-corrected chi connectivity index (χ3v) is 7.67. The van der Waals surface area contributed by atoms with Gasteiger partial charge in [-0.15, -0.1) is 11.3 Å². The molecule has 0 spiro atoms. The molecule has 0 radical (unpaired) electrons. The molecule has 1 unspecified atom stereocenters. The fourth-order valence-corrected chi connectivity index (χ4v) is 5.26. The number of benzene rings is 1. The van der Waals surface area contributed by atoms with Gasteiger partial charge in [0.15, 0.2) is 10.8 Å². The van der Waals surface area contributed by atoms with Gasteiger partial charge in [-0.25, -0.2) is 9.97 Å². The predicted molar refractivity (Wildman–Crippen MR) is 152 cm³/mol. The van der Waals surface area contributed by atoms with Gasteiger partial charge in [0.2, 0.25) is 5.91 Å². The molecule has 1 saturated carbocycles. The van der Waals surface area contributed by atoms with Crippen LogP contribution in [-0.2, 0) is 11.2 Å². The number of hydrogen-bond donors (Lipinski definition) is 2. The molecule has 2 N–H and O–H groups in total. The molecule has 2 aliphatic rings. The van der Waals surface area contributed by atoms with E-state index in [2.05, 4.69) is 39.3 Å². The van der Waals surface area contributed by atoms with Gasteiger partial charge < -0.3 is 9.64 Å². The second-order valence-corrected chi connectivity index (χ2v) is 11.5. The van der Waals surface area contributed by atoms with Crippen LogP contribution < -0.4 is 10.1 Å². The Balaban J connectivity index is 0.000000233. The predicted octanol–water partition coefficient (Wildman–Crippen LogP) is 5.98. The van der Waals surface area contributed by atoms with Crippen LogP contribution in [0.1, 0.15) is 60.5 Å². The second kappa shape index (κ2) is 11.9. The van der Waals surface area contributed by atoms with Crippen LogP contribution in [0.4, 0.5) is 5.13 Å². The highest BCUT2D eigenvalue weighted by molar-refractivity contribution is 7.15. The van der Waals surface area contributed by atoms with Crippen LogP contribution in [0.25, 0.3) is 11.0 Å². The van der Waals surface area contributed by atoms with E-state index in [1.54, 1.807) is 36.7 Å². The highest BCUT2D eigenvalue weighted by Crippen LogP contribution is 2.33. The number of H-pyrrole nitrogens is 1. The van der Waals surface area contributed by atoms with Gasteiger partial charge in [0.05, 0.1) is 5.39 Å². The maximum absolute atomic E-state index is 12.3. The highest BCUT2D eigenvalue weighted by atomic mass is 32.1. The number of pyridine rings is 1. The van der Waals surface area contributed by atoms with E-state index in [1.165, 1.54) is 17.8 Å². The fraction of sp³-hybridized carbons (Fsp3) is 0.414. The number of nitrogens with zero attached hydrogens (tertiary/aromatic N) is 4. The van der Waals surface area contributed by atoms with Crippen LogP contribution in [0.5, 0.6) is 11.5 Å². The molecule has 6 rings (SSSR count). The van der Waals surface area contributed by atoms with Gasteiger partial charge in [0.25, 0.3) is 5.91 Å². The Bertz CT molecular complexity index is 1440. The number of hydrogen-bond acceptors (Lipinski definition) is 7. The van der Waals surface area contributed by atoms with Gasteiger partial charge in [-0.05, 0) is 68.9 Å². The van der Waals surface area contributed by atoms with Crippen molar-refractivity contribution >= 4 is 39.3 Å². The van der Waals surface area contributed by atoms with E-state index in [0.29, 0.717) is 39.7 Å². The van der Waals surface area contributed by atoms with E-state index in [0.717, 1.165) is 60.6 Å². The molecule has 0 bridgehead atoms. The van der Waals surface area contributed by atoms with Crippen LogP contribution in [0.2, 0.25) is 0 Å². The van der Waals surface area contributed by atoms with Crippen molar-refractivity contribution in [2.75, 3.05) is 18.4 Å². The zero-order valence-corrected chi connectivity index (χ0v) is 23.4. The van der Waals surface area contributed by atoms with E-state index in [4.69, 9.17) is 4.74 Å². The van der Waals surface area contributed by atoms with E-state index in [1.807, 2.05) is 17.9 Å². The van der Waals surface area contributed by atoms with Gasteiger partial charge in [-0.1, -0.05) is 20.3 Å². The molecule has 204 valence electrons. The molecule has 1 aromatic carbocycles. The Morgan fingerprint density at radius 2 is 1.95 bits per heavy atom. The molecule has 2 amide bonds. The number of carbonyl (C=O) groups excluding carboxylic acids is 2. The van der Waals surface area contributed by atoms with Crippen LogP contribution in [0, 0.1) is 18.8 Å². The molecule has 9 nitrogen and oxygen atoms in total. The molecular weight excluding hydrogens is 512 g/mol. The number of nitrogens with one attached hydrogen (secondary N) is 2. The minimum Gasteiger partial charge on any atom is -0.456 e. The van der Waals surface area contributed by atoms with Gasteiger partial charge in [0, 0.05) is 47.5 Å². The minimum atomic E-state index is -0.202. The number of aryl methyl sites for hydroxylation is 2. The van der Waals surface area contributed by atoms with E-state index >= 15 is 0 Å². The summed E-state index contributed by atoms with van der Waals surface area (Å²) in [7, 11) is 0. The molecule has 3 aromatic heterocycles. The van der Waals surface area contributed by atoms with Gasteiger partial charge in [-0.3, -0.25) is 20.0 Å². The molecular formula is C29H34N6O3S. The number of fused-ring (bicyclic) bond motifs is 1. The second-order valence-electron chi connectivity index (χ2n) is 10.3. The molecule has 39 heavy (non-hydrogen) atoms. The monoisotopic (exact) mass is 546 g/mol. The molecule has 2 fully saturated rings. The third-order valence-electron chi connectivity index (χ3n) is 6.84. The maximum Gasteiger partial charge on any atom is 0.257 e. The van der Waals surface area contributed by atoms with Gasteiger partial charge in [-0.2, -0.15) is 5.10 Å². The zero-order chi connectivity index (χ0) is 27.4. The summed E-state index contributed by atoms with van der Waals surface area (Å²) < 4.78 is 6.05. The number of ether oxygens (including phenoxy) is 1. The largest absolute Gasteiger partial charge is 0.456 e. The van der Waals surface area contributed by atoms with Crippen molar-refractivity contribution in [1.29, 1.82) is 0 Å². The van der Waals surface area contributed by atoms with Crippen LogP contribution in [-0.4, -0.2) is 50.0 Å². The summed E-state index contributed by atoms with van der Waals surface area (Å²) in [5.41, 5.74) is 2.18. The molecule has 1 saturated heterocycles. The molecule has 10 heteroatoms. The van der Waals surface area contributed by atoms with Crippen LogP contribution in [0.15, 0.2) is 42.7 Å². The van der Waals surface area contributed by atoms with Crippen molar-refractivity contribution < 1.29 is 14.3 Å². The number of aromatic amines is 1. The number of thiazole rings is 1. The van der Waals surface area contributed by atoms with Crippen molar-refractivity contribution in [1.82, 2.24) is 25.1 Å². The first-order valence-corrected chi connectivity index (χ1v) is 14.3. The lowest BCUT2D eigenvalue weighted by molar-refractivity contribution is -0.131. The van der Waals surface area contributed by atoms with Crippen molar-refractivity contribution in [2.24, 2.45) is 11.8 Å². The topological polar surface area (TPSA) is 113 Å². The van der Waals surface area contributed by atoms with Gasteiger partial charge in [0.1, 0.15) is 11.5 Å². The first kappa shape index (κ1) is 26.8. The fourth-order valence-electron chi connectivity index (χ4n) is 4.60. The van der Waals surface area contributed by atoms with Crippen molar-refractivity contribution in [2.45, 2.75) is 52.9 Å². The van der Waals surface area contributed by atoms with Crippen LogP contribution >= 0.6 is 11.3 Å². The van der Waals surface area contributed by atoms with Crippen molar-refractivity contribution in [3.05, 3.63) is 58.9 Å². The number of anilines is 1. The minimum absolute atomic E-state index is 0.202. The first-order chi connectivity index (χ1) is 18.9. The average molecular weight is 547 g/mol. The summed E-state index contributed by atoms with van der Waals surface area (Å²) in [5, 5.41) is 11.6. The quantitative estimate of drug-likeness (QED) is 0.295. The lowest BCUT2D eigenvalue weighted by atomic mass is 10.1. The van der Waals surface area contributed by atoms with Crippen molar-refractivity contribution in [3.8, 4) is 11.5 Å². The number of amides is 2. The summed E-state index contributed by atoms with van der Waals surface area (Å²) >= 11 is 1.44. The Morgan fingerprint density at radius 1 is 1.15 bits per heavy atom. The van der Waals surface area contributed by atoms with Gasteiger partial charge >= 0.3 is 0 Å². The zero-order valence-electron chi connectivity index (χ0n) is 22.6. The lowest BCUT2D eigenvalue weighted by Crippen LogP contribution is -2.29. The maximum atomic E-state index is 12.3. The summed E-state index contributed by atoms with van der Waals surface area (Å²) in [6.07, 6.45) is 8.76. The Kier molecular flexibility index (Phi) is 8.21. The first-order valence-electron chi connectivity index (χ1n) is 13.5. The number of aromatic nitrogens is 4. The normalized spacial score (nSPS) is 16.6. The Hall–Kier alpha value is -3.79. The van der Waals surface area contributed by atoms with E-state index < -0.39 is 0 Å². The number of rotatable bonds is 7. The summed E-state index contributed by atoms with van der Waals surface area (Å²) in [6, 6.07) is 8.82. The highest BCUT2D eigenvalue weighted by Gasteiger charge is 2.35. The summed E-state index contributed by atoms with van der Waals surface area (Å²) in [4.78, 5) is 35.3. The molecule has 1 aliphatic carbocycles. The van der Waals surface area contributed by atoms with E-state index in [-0.39, 0.29) is 5.91 Å². The molecule has 4 aromatic rings. The summed E-state index contributed by atoms with van der Waals surface area (Å²) in [6.45, 7) is 8.30. The van der Waals surface area contributed by atoms with E-state index in [9.17, 15) is 9.59 Å². The number of likely N-dealkylation sites (tertiary alicyclic amines) is 1. The smallest absolute Gasteiger partial charge is 0.257 e. The SMILES string of the molecule is CC1CCN(C(=O)C2CC2)C1.CCCc1[nH]nc2nccc(Oc3ccc(C(=O)Nc4ncc(C)s4)cc3)c12. The Morgan fingerprint density at radius 3 is 2.59 bits per heavy atom. The Labute approximate surface area is 232 Å². The molecule has 1 atom stereocenters. The summed E-state index contributed by atoms with van der Waals surface area (Å²) in [5.74, 6) is 2.70. The lowest BCUT2D eigenvalue weighted by Gasteiger charge is -2.14. The van der Waals surface area contributed by atoms with Crippen LogP contribution in [0.3, 0.4) is 0 Å². The third kappa shape index (κ3) is 6.62. The number of carbonyl (C=O) groups is 2. The van der Waals surface area contributed by atoms with Crippen molar-refractivity contribution in [3.63, 3.8) is 0 Å². The molecule has 1 aliphatic heterocycles. The average Bonchev–Trinajstić information content (AvgIpc) is 3.36.